The molecule has 13 heavy (non-hydrogen) atoms. The van der Waals surface area contributed by atoms with Crippen molar-refractivity contribution in [1.82, 2.24) is 4.90 Å². The van der Waals surface area contributed by atoms with Crippen LogP contribution in [0.2, 0.25) is 0 Å². The average Bonchev–Trinajstić information content (AvgIpc) is 1.97. The van der Waals surface area contributed by atoms with E-state index in [0.717, 1.165) is 6.54 Å². The first-order valence-electron chi connectivity index (χ1n) is 5.16. The van der Waals surface area contributed by atoms with Gasteiger partial charge >= 0.3 is 0 Å². The van der Waals surface area contributed by atoms with Crippen molar-refractivity contribution in [2.45, 2.75) is 47.6 Å². The lowest BCUT2D eigenvalue weighted by molar-refractivity contribution is -0.136. The van der Waals surface area contributed by atoms with Gasteiger partial charge in [-0.2, -0.15) is 0 Å². The van der Waals surface area contributed by atoms with Crippen molar-refractivity contribution in [3.05, 3.63) is 0 Å². The molecule has 0 aliphatic rings. The van der Waals surface area contributed by atoms with Gasteiger partial charge in [0, 0.05) is 18.5 Å². The molecule has 0 aromatic heterocycles. The van der Waals surface area contributed by atoms with Crippen molar-refractivity contribution in [3.8, 4) is 0 Å². The van der Waals surface area contributed by atoms with Crippen LogP contribution in [0.5, 0.6) is 0 Å². The van der Waals surface area contributed by atoms with Crippen molar-refractivity contribution in [1.29, 1.82) is 0 Å². The molecule has 0 saturated heterocycles. The predicted octanol–water partition coefficient (Wildman–Crippen LogP) is 2.54. The topological polar surface area (TPSA) is 20.3 Å². The highest BCUT2D eigenvalue weighted by molar-refractivity contribution is 5.78. The Bertz CT molecular complexity index is 161. The van der Waals surface area contributed by atoms with Gasteiger partial charge in [-0.05, 0) is 19.8 Å². The van der Waals surface area contributed by atoms with E-state index in [-0.39, 0.29) is 11.8 Å². The highest BCUT2D eigenvalue weighted by Crippen LogP contribution is 2.09. The third-order valence-corrected chi connectivity index (χ3v) is 1.96. The molecular formula is C11H23NO. The number of carbonyl (C=O) groups excluding carboxylic acids is 1. The summed E-state index contributed by atoms with van der Waals surface area (Å²) in [4.78, 5) is 13.7. The van der Waals surface area contributed by atoms with E-state index in [1.807, 2.05) is 18.7 Å². The number of amides is 1. The van der Waals surface area contributed by atoms with Crippen molar-refractivity contribution in [3.63, 3.8) is 0 Å². The lowest BCUT2D eigenvalue weighted by Crippen LogP contribution is -2.41. The Morgan fingerprint density at radius 2 is 1.54 bits per heavy atom. The van der Waals surface area contributed by atoms with Crippen LogP contribution in [0.15, 0.2) is 0 Å². The first-order valence-corrected chi connectivity index (χ1v) is 5.16. The maximum Gasteiger partial charge on any atom is 0.225 e. The lowest BCUT2D eigenvalue weighted by atomic mass is 10.1. The smallest absolute Gasteiger partial charge is 0.225 e. The van der Waals surface area contributed by atoms with Crippen molar-refractivity contribution >= 4 is 5.91 Å². The van der Waals surface area contributed by atoms with E-state index in [1.165, 1.54) is 0 Å². The molecule has 2 heteroatoms. The van der Waals surface area contributed by atoms with Gasteiger partial charge in [-0.1, -0.05) is 27.7 Å². The van der Waals surface area contributed by atoms with Crippen LogP contribution >= 0.6 is 0 Å². The van der Waals surface area contributed by atoms with E-state index in [0.29, 0.717) is 12.0 Å². The summed E-state index contributed by atoms with van der Waals surface area (Å²) in [6.45, 7) is 13.2. The summed E-state index contributed by atoms with van der Waals surface area (Å²) in [5.41, 5.74) is 0. The Morgan fingerprint density at radius 3 is 1.77 bits per heavy atom. The molecule has 0 aromatic carbocycles. The van der Waals surface area contributed by atoms with Gasteiger partial charge in [-0.3, -0.25) is 4.79 Å². The van der Waals surface area contributed by atoms with Gasteiger partial charge in [-0.25, -0.2) is 0 Å². The Kier molecular flexibility index (Phi) is 5.04. The molecule has 0 unspecified atom stereocenters. The molecule has 0 saturated carbocycles. The lowest BCUT2D eigenvalue weighted by Gasteiger charge is -2.30. The molecule has 78 valence electrons. The summed E-state index contributed by atoms with van der Waals surface area (Å²) in [7, 11) is 0. The molecule has 0 heterocycles. The second kappa shape index (κ2) is 5.25. The van der Waals surface area contributed by atoms with Crippen LogP contribution in [0.4, 0.5) is 0 Å². The monoisotopic (exact) mass is 185 g/mol. The van der Waals surface area contributed by atoms with Gasteiger partial charge in [-0.15, -0.1) is 0 Å². The summed E-state index contributed by atoms with van der Waals surface area (Å²) in [6, 6.07) is 0.317. The second-order valence-electron chi connectivity index (χ2n) is 4.63. The Hall–Kier alpha value is -0.530. The summed E-state index contributed by atoms with van der Waals surface area (Å²) >= 11 is 0. The number of nitrogens with zero attached hydrogens (tertiary/aromatic N) is 1. The third-order valence-electron chi connectivity index (χ3n) is 1.96. The highest BCUT2D eigenvalue weighted by atomic mass is 16.2. The van der Waals surface area contributed by atoms with E-state index in [4.69, 9.17) is 0 Å². The quantitative estimate of drug-likeness (QED) is 0.659. The van der Waals surface area contributed by atoms with Gasteiger partial charge in [0.05, 0.1) is 0 Å². The van der Waals surface area contributed by atoms with Crippen LogP contribution in [-0.4, -0.2) is 23.4 Å². The van der Waals surface area contributed by atoms with Crippen LogP contribution in [0.1, 0.15) is 41.5 Å². The zero-order chi connectivity index (χ0) is 10.6. The van der Waals surface area contributed by atoms with Crippen LogP contribution in [0, 0.1) is 11.8 Å². The fourth-order valence-electron chi connectivity index (χ4n) is 1.28. The molecular weight excluding hydrogens is 162 g/mol. The first-order chi connectivity index (χ1) is 5.86. The summed E-state index contributed by atoms with van der Waals surface area (Å²) in [5, 5.41) is 0. The molecule has 0 aliphatic heterocycles. The zero-order valence-electron chi connectivity index (χ0n) is 9.79. The minimum atomic E-state index is 0.112. The van der Waals surface area contributed by atoms with Gasteiger partial charge < -0.3 is 4.90 Å². The molecule has 0 radical (unpaired) electrons. The maximum atomic E-state index is 11.7. The largest absolute Gasteiger partial charge is 0.340 e. The van der Waals surface area contributed by atoms with E-state index in [9.17, 15) is 4.79 Å². The standard InChI is InChI=1S/C11H23NO/c1-8(2)7-12(10(5)6)11(13)9(3)4/h8-10H,7H2,1-6H3. The zero-order valence-corrected chi connectivity index (χ0v) is 9.79. The fourth-order valence-corrected chi connectivity index (χ4v) is 1.28. The van der Waals surface area contributed by atoms with Crippen molar-refractivity contribution in [2.75, 3.05) is 6.54 Å². The molecule has 0 N–H and O–H groups in total. The molecule has 2 nitrogen and oxygen atoms in total. The maximum absolute atomic E-state index is 11.7. The number of rotatable bonds is 4. The molecule has 0 atom stereocenters. The summed E-state index contributed by atoms with van der Waals surface area (Å²) < 4.78 is 0. The Balaban J connectivity index is 4.33. The van der Waals surface area contributed by atoms with Gasteiger partial charge in [0.25, 0.3) is 0 Å². The fraction of sp³-hybridized carbons (Fsp3) is 0.909. The van der Waals surface area contributed by atoms with Gasteiger partial charge in [0.1, 0.15) is 0 Å². The molecule has 0 rings (SSSR count). The Morgan fingerprint density at radius 1 is 1.08 bits per heavy atom. The Labute approximate surface area is 82.3 Å². The van der Waals surface area contributed by atoms with E-state index >= 15 is 0 Å². The number of carbonyl (C=O) groups is 1. The van der Waals surface area contributed by atoms with Crippen LogP contribution in [0.3, 0.4) is 0 Å². The first kappa shape index (κ1) is 12.5. The predicted molar refractivity (Wildman–Crippen MR) is 56.5 cm³/mol. The molecule has 0 aliphatic carbocycles. The minimum absolute atomic E-state index is 0.112. The van der Waals surface area contributed by atoms with Crippen molar-refractivity contribution in [2.24, 2.45) is 11.8 Å². The van der Waals surface area contributed by atoms with Crippen LogP contribution < -0.4 is 0 Å². The van der Waals surface area contributed by atoms with Crippen LogP contribution in [-0.2, 0) is 4.79 Å². The summed E-state index contributed by atoms with van der Waals surface area (Å²) in [6.07, 6.45) is 0. The minimum Gasteiger partial charge on any atom is -0.340 e. The van der Waals surface area contributed by atoms with Gasteiger partial charge in [0.2, 0.25) is 5.91 Å². The van der Waals surface area contributed by atoms with E-state index in [2.05, 4.69) is 27.7 Å². The number of hydrogen-bond acceptors (Lipinski definition) is 1. The summed E-state index contributed by atoms with van der Waals surface area (Å²) in [5.74, 6) is 0.926. The van der Waals surface area contributed by atoms with Gasteiger partial charge in [0.15, 0.2) is 0 Å². The molecule has 1 amide bonds. The molecule has 0 spiro atoms. The SMILES string of the molecule is CC(C)CN(C(=O)C(C)C)C(C)C. The second-order valence-corrected chi connectivity index (χ2v) is 4.63. The van der Waals surface area contributed by atoms with E-state index in [1.54, 1.807) is 0 Å². The number of hydrogen-bond donors (Lipinski definition) is 0. The van der Waals surface area contributed by atoms with E-state index < -0.39 is 0 Å². The van der Waals surface area contributed by atoms with Crippen molar-refractivity contribution < 1.29 is 4.79 Å². The average molecular weight is 185 g/mol. The molecule has 0 fully saturated rings. The normalized spacial score (nSPS) is 11.5. The third kappa shape index (κ3) is 4.30. The highest BCUT2D eigenvalue weighted by Gasteiger charge is 2.20. The van der Waals surface area contributed by atoms with Crippen LogP contribution in [0.25, 0.3) is 0 Å². The molecule has 0 bridgehead atoms. The molecule has 0 aromatic rings.